The third kappa shape index (κ3) is 5.43. The number of allylic oxidation sites excluding steroid dienone is 5. The lowest BCUT2D eigenvalue weighted by Crippen LogP contribution is -2.18. The summed E-state index contributed by atoms with van der Waals surface area (Å²) in [6.07, 6.45) is 10.1. The van der Waals surface area contributed by atoms with Crippen LogP contribution < -0.4 is 4.90 Å². The normalized spacial score (nSPS) is 14.6. The zero-order chi connectivity index (χ0) is 35.8. The number of fused-ring (bicyclic) bond motifs is 4. The number of hydrogen-bond acceptors (Lipinski definition) is 1. The predicted molar refractivity (Wildman–Crippen MR) is 227 cm³/mol. The van der Waals surface area contributed by atoms with Gasteiger partial charge in [0.25, 0.3) is 0 Å². The Hall–Kier alpha value is -6.90. The number of aromatic nitrogens is 1. The predicted octanol–water partition coefficient (Wildman–Crippen LogP) is 13.5. The summed E-state index contributed by atoms with van der Waals surface area (Å²) < 4.78 is 2.50. The minimum atomic E-state index is 0.279. The highest BCUT2D eigenvalue weighted by Gasteiger charge is 2.32. The summed E-state index contributed by atoms with van der Waals surface area (Å²) in [6, 6.07) is 68.1. The molecule has 1 heterocycles. The van der Waals surface area contributed by atoms with Gasteiger partial charge in [-0.05, 0) is 76.7 Å². The quantitative estimate of drug-likeness (QED) is 0.162. The van der Waals surface area contributed by atoms with Crippen LogP contribution in [0.2, 0.25) is 0 Å². The summed E-state index contributed by atoms with van der Waals surface area (Å²) >= 11 is 0. The van der Waals surface area contributed by atoms with Gasteiger partial charge in [0.2, 0.25) is 0 Å². The Labute approximate surface area is 316 Å². The van der Waals surface area contributed by atoms with Crippen molar-refractivity contribution in [3.63, 3.8) is 0 Å². The van der Waals surface area contributed by atoms with Crippen molar-refractivity contribution < 1.29 is 0 Å². The second-order valence-electron chi connectivity index (χ2n) is 14.0. The first-order valence-corrected chi connectivity index (χ1v) is 18.8. The lowest BCUT2D eigenvalue weighted by Gasteiger charge is -2.32. The van der Waals surface area contributed by atoms with E-state index < -0.39 is 0 Å². The first kappa shape index (κ1) is 31.8. The van der Waals surface area contributed by atoms with Gasteiger partial charge in [0.1, 0.15) is 0 Å². The summed E-state index contributed by atoms with van der Waals surface area (Å²) in [5, 5.41) is 1.28. The van der Waals surface area contributed by atoms with Crippen molar-refractivity contribution >= 4 is 33.5 Å². The van der Waals surface area contributed by atoms with Crippen LogP contribution in [0.3, 0.4) is 0 Å². The van der Waals surface area contributed by atoms with Gasteiger partial charge in [-0.2, -0.15) is 0 Å². The average Bonchev–Trinajstić information content (AvgIpc) is 3.58. The average molecular weight is 691 g/mol. The van der Waals surface area contributed by atoms with Gasteiger partial charge in [0, 0.05) is 45.1 Å². The Bertz CT molecular complexity index is 2650. The second kappa shape index (κ2) is 13.6. The molecule has 1 aromatic heterocycles. The molecule has 0 aliphatic heterocycles. The fraction of sp³-hybridized carbons (Fsp3) is 0.0385. The van der Waals surface area contributed by atoms with Crippen LogP contribution in [-0.2, 0) is 6.42 Å². The van der Waals surface area contributed by atoms with Gasteiger partial charge in [-0.1, -0.05) is 170 Å². The Balaban J connectivity index is 1.23. The molecular weight excluding hydrogens is 653 g/mol. The van der Waals surface area contributed by atoms with Crippen molar-refractivity contribution in [2.45, 2.75) is 6.42 Å². The topological polar surface area (TPSA) is 8.17 Å². The van der Waals surface area contributed by atoms with Crippen LogP contribution in [0.5, 0.6) is 0 Å². The molecule has 0 bridgehead atoms. The third-order valence-corrected chi connectivity index (χ3v) is 10.9. The number of rotatable bonds is 7. The minimum absolute atomic E-state index is 0.279. The number of nitrogens with zero attached hydrogens (tertiary/aromatic N) is 2. The van der Waals surface area contributed by atoms with Gasteiger partial charge in [-0.25, -0.2) is 0 Å². The fourth-order valence-corrected chi connectivity index (χ4v) is 8.60. The number of anilines is 3. The zero-order valence-electron chi connectivity index (χ0n) is 29.9. The molecule has 0 spiro atoms. The van der Waals surface area contributed by atoms with E-state index in [0.29, 0.717) is 0 Å². The van der Waals surface area contributed by atoms with Crippen LogP contribution in [0.15, 0.2) is 218 Å². The van der Waals surface area contributed by atoms with Crippen molar-refractivity contribution in [1.82, 2.24) is 4.57 Å². The lowest BCUT2D eigenvalue weighted by molar-refractivity contribution is 0.722. The van der Waals surface area contributed by atoms with Crippen LogP contribution in [0, 0.1) is 5.92 Å². The van der Waals surface area contributed by atoms with E-state index in [4.69, 9.17) is 0 Å². The molecule has 2 nitrogen and oxygen atoms in total. The molecule has 0 radical (unpaired) electrons. The van der Waals surface area contributed by atoms with E-state index in [-0.39, 0.29) is 5.92 Å². The molecule has 2 aliphatic rings. The van der Waals surface area contributed by atoms with Crippen molar-refractivity contribution in [2.75, 3.05) is 4.90 Å². The van der Waals surface area contributed by atoms with Crippen molar-refractivity contribution in [3.8, 4) is 27.9 Å². The standard InChI is InChI=1S/C52H38N2/c1-4-19-37(20-5-1)43-28-12-15-32-47(43)54(48-33-16-13-29-44(48)38-21-6-2-7-22-38)42-27-18-24-40(35-42)51-45-30-11-10-23-39(45)36-50-52(51)46-31-14-17-34-49(46)53(50)41-25-8-3-9-26-41/h1-35,39H,36H2. The zero-order valence-corrected chi connectivity index (χ0v) is 29.9. The highest BCUT2D eigenvalue weighted by Crippen LogP contribution is 2.49. The van der Waals surface area contributed by atoms with E-state index in [0.717, 1.165) is 23.5 Å². The molecule has 7 aromatic carbocycles. The molecule has 0 saturated heterocycles. The van der Waals surface area contributed by atoms with Gasteiger partial charge >= 0.3 is 0 Å². The molecule has 2 aliphatic carbocycles. The minimum Gasteiger partial charge on any atom is -0.313 e. The molecule has 10 rings (SSSR count). The molecular formula is C52H38N2. The summed E-state index contributed by atoms with van der Waals surface area (Å²) in [4.78, 5) is 2.46. The van der Waals surface area contributed by atoms with Crippen molar-refractivity contribution in [2.24, 2.45) is 5.92 Å². The SMILES string of the molecule is C1=CC2=C(c3cccc(N(c4ccccc4-c4ccccc4)c4ccccc4-c4ccccc4)c3)c3c(n(-c4ccccc4)c4ccccc34)CC2C=C1. The molecule has 0 saturated carbocycles. The Morgan fingerprint density at radius 1 is 0.500 bits per heavy atom. The van der Waals surface area contributed by atoms with Gasteiger partial charge < -0.3 is 9.47 Å². The van der Waals surface area contributed by atoms with Crippen molar-refractivity contribution in [1.29, 1.82) is 0 Å². The van der Waals surface area contributed by atoms with Gasteiger partial charge in [0.15, 0.2) is 0 Å². The Morgan fingerprint density at radius 2 is 1.07 bits per heavy atom. The van der Waals surface area contributed by atoms with E-state index in [1.165, 1.54) is 66.8 Å². The number of para-hydroxylation sites is 4. The molecule has 0 amide bonds. The van der Waals surface area contributed by atoms with E-state index in [1.54, 1.807) is 0 Å². The molecule has 1 atom stereocenters. The first-order chi connectivity index (χ1) is 26.8. The van der Waals surface area contributed by atoms with E-state index in [1.807, 2.05) is 0 Å². The van der Waals surface area contributed by atoms with E-state index >= 15 is 0 Å². The van der Waals surface area contributed by atoms with Crippen LogP contribution in [0.1, 0.15) is 16.8 Å². The summed E-state index contributed by atoms with van der Waals surface area (Å²) in [7, 11) is 0. The molecule has 0 N–H and O–H groups in total. The largest absolute Gasteiger partial charge is 0.313 e. The van der Waals surface area contributed by atoms with Crippen LogP contribution in [0.25, 0.3) is 44.4 Å². The fourth-order valence-electron chi connectivity index (χ4n) is 8.60. The number of benzene rings is 7. The summed E-state index contributed by atoms with van der Waals surface area (Å²) in [6.45, 7) is 0. The maximum atomic E-state index is 2.50. The molecule has 256 valence electrons. The van der Waals surface area contributed by atoms with Crippen LogP contribution in [-0.4, -0.2) is 4.57 Å². The molecule has 1 unspecified atom stereocenters. The maximum Gasteiger partial charge on any atom is 0.0540 e. The number of hydrogen-bond donors (Lipinski definition) is 0. The maximum absolute atomic E-state index is 2.50. The van der Waals surface area contributed by atoms with Gasteiger partial charge in [-0.3, -0.25) is 0 Å². The van der Waals surface area contributed by atoms with Crippen LogP contribution >= 0.6 is 0 Å². The highest BCUT2D eigenvalue weighted by atomic mass is 15.1. The molecule has 54 heavy (non-hydrogen) atoms. The highest BCUT2D eigenvalue weighted by molar-refractivity contribution is 6.03. The van der Waals surface area contributed by atoms with E-state index in [2.05, 4.69) is 222 Å². The first-order valence-electron chi connectivity index (χ1n) is 18.8. The summed E-state index contributed by atoms with van der Waals surface area (Å²) in [5.41, 5.74) is 17.1. The second-order valence-corrected chi connectivity index (χ2v) is 14.0. The lowest BCUT2D eigenvalue weighted by atomic mass is 9.76. The third-order valence-electron chi connectivity index (χ3n) is 10.9. The Morgan fingerprint density at radius 3 is 1.76 bits per heavy atom. The Kier molecular flexibility index (Phi) is 8.00. The summed E-state index contributed by atoms with van der Waals surface area (Å²) in [5.74, 6) is 0.279. The molecule has 2 heteroatoms. The van der Waals surface area contributed by atoms with E-state index in [9.17, 15) is 0 Å². The van der Waals surface area contributed by atoms with Crippen molar-refractivity contribution in [3.05, 3.63) is 235 Å². The van der Waals surface area contributed by atoms with Crippen LogP contribution in [0.4, 0.5) is 17.1 Å². The van der Waals surface area contributed by atoms with Gasteiger partial charge in [0.05, 0.1) is 16.9 Å². The smallest absolute Gasteiger partial charge is 0.0540 e. The molecule has 8 aromatic rings. The van der Waals surface area contributed by atoms with Gasteiger partial charge in [-0.15, -0.1) is 0 Å². The monoisotopic (exact) mass is 690 g/mol. The molecule has 0 fully saturated rings.